The Morgan fingerprint density at radius 2 is 2.00 bits per heavy atom. The number of nitrogens with zero attached hydrogens (tertiary/aromatic N) is 1. The lowest BCUT2D eigenvalue weighted by atomic mass is 10.1. The Bertz CT molecular complexity index is 702. The summed E-state index contributed by atoms with van der Waals surface area (Å²) >= 11 is 0. The maximum absolute atomic E-state index is 12.6. The summed E-state index contributed by atoms with van der Waals surface area (Å²) in [6, 6.07) is 9.87. The zero-order valence-corrected chi connectivity index (χ0v) is 14.1. The lowest BCUT2D eigenvalue weighted by Crippen LogP contribution is -2.42. The Kier molecular flexibility index (Phi) is 5.41. The van der Waals surface area contributed by atoms with Gasteiger partial charge >= 0.3 is 0 Å². The van der Waals surface area contributed by atoms with Gasteiger partial charge in [-0.1, -0.05) is 6.07 Å². The standard InChI is InChI=1S/C18H22N2O4/c1-4-20(12-18(2,3)23)17(22)13-7-5-8-14(11-13)19-16(21)15-9-6-10-24-15/h5-11,23H,4,12H2,1-3H3,(H,19,21). The van der Waals surface area contributed by atoms with Crippen LogP contribution in [0, 0.1) is 0 Å². The van der Waals surface area contributed by atoms with Gasteiger partial charge in [-0.2, -0.15) is 0 Å². The third-order valence-corrected chi connectivity index (χ3v) is 3.36. The largest absolute Gasteiger partial charge is 0.459 e. The molecule has 0 aliphatic heterocycles. The molecule has 0 atom stereocenters. The fourth-order valence-electron chi connectivity index (χ4n) is 2.31. The summed E-state index contributed by atoms with van der Waals surface area (Å²) in [7, 11) is 0. The molecule has 0 radical (unpaired) electrons. The second-order valence-corrected chi connectivity index (χ2v) is 6.14. The van der Waals surface area contributed by atoms with Gasteiger partial charge in [-0.3, -0.25) is 9.59 Å². The van der Waals surface area contributed by atoms with Crippen LogP contribution in [0.15, 0.2) is 47.1 Å². The van der Waals surface area contributed by atoms with Gasteiger partial charge in [0.2, 0.25) is 0 Å². The number of aliphatic hydroxyl groups is 1. The van der Waals surface area contributed by atoms with Crippen LogP contribution in [-0.4, -0.2) is 40.5 Å². The number of rotatable bonds is 6. The van der Waals surface area contributed by atoms with Gasteiger partial charge in [-0.05, 0) is 51.1 Å². The molecule has 0 saturated heterocycles. The number of hydrogen-bond donors (Lipinski definition) is 2. The van der Waals surface area contributed by atoms with E-state index in [2.05, 4.69) is 5.32 Å². The third kappa shape index (κ3) is 4.70. The predicted molar refractivity (Wildman–Crippen MR) is 91.0 cm³/mol. The minimum Gasteiger partial charge on any atom is -0.459 e. The number of likely N-dealkylation sites (N-methyl/N-ethyl adjacent to an activating group) is 1. The highest BCUT2D eigenvalue weighted by molar-refractivity contribution is 6.03. The van der Waals surface area contributed by atoms with Crippen LogP contribution in [0.1, 0.15) is 41.7 Å². The van der Waals surface area contributed by atoms with E-state index in [1.54, 1.807) is 55.1 Å². The number of carbonyl (C=O) groups excluding carboxylic acids is 2. The highest BCUT2D eigenvalue weighted by Gasteiger charge is 2.22. The SMILES string of the molecule is CCN(CC(C)(C)O)C(=O)c1cccc(NC(=O)c2ccco2)c1. The molecule has 2 aromatic rings. The van der Waals surface area contributed by atoms with Gasteiger partial charge in [-0.15, -0.1) is 0 Å². The smallest absolute Gasteiger partial charge is 0.291 e. The molecule has 0 bridgehead atoms. The topological polar surface area (TPSA) is 82.8 Å². The number of anilines is 1. The van der Waals surface area contributed by atoms with Crippen molar-refractivity contribution in [2.45, 2.75) is 26.4 Å². The summed E-state index contributed by atoms with van der Waals surface area (Å²) in [5, 5.41) is 12.6. The second-order valence-electron chi connectivity index (χ2n) is 6.14. The van der Waals surface area contributed by atoms with Crippen molar-refractivity contribution in [2.24, 2.45) is 0 Å². The number of amides is 2. The molecule has 2 N–H and O–H groups in total. The van der Waals surface area contributed by atoms with Crippen LogP contribution in [0.25, 0.3) is 0 Å². The average molecular weight is 330 g/mol. The van der Waals surface area contributed by atoms with Crippen molar-refractivity contribution in [2.75, 3.05) is 18.4 Å². The highest BCUT2D eigenvalue weighted by Crippen LogP contribution is 2.16. The molecule has 0 spiro atoms. The molecule has 128 valence electrons. The zero-order chi connectivity index (χ0) is 17.7. The Hall–Kier alpha value is -2.60. The molecule has 2 rings (SSSR count). The molecule has 0 saturated carbocycles. The number of benzene rings is 1. The first-order valence-corrected chi connectivity index (χ1v) is 7.77. The van der Waals surface area contributed by atoms with Crippen molar-refractivity contribution < 1.29 is 19.1 Å². The minimum absolute atomic E-state index is 0.198. The van der Waals surface area contributed by atoms with E-state index in [4.69, 9.17) is 4.42 Å². The monoisotopic (exact) mass is 330 g/mol. The second kappa shape index (κ2) is 7.31. The Labute approximate surface area is 141 Å². The van der Waals surface area contributed by atoms with Crippen molar-refractivity contribution >= 4 is 17.5 Å². The van der Waals surface area contributed by atoms with Crippen molar-refractivity contribution in [3.05, 3.63) is 54.0 Å². The molecular weight excluding hydrogens is 308 g/mol. The van der Waals surface area contributed by atoms with Crippen LogP contribution in [0.3, 0.4) is 0 Å². The molecule has 0 aliphatic carbocycles. The van der Waals surface area contributed by atoms with Gasteiger partial charge in [0.1, 0.15) is 0 Å². The summed E-state index contributed by atoms with van der Waals surface area (Å²) < 4.78 is 5.04. The van der Waals surface area contributed by atoms with Crippen molar-refractivity contribution in [1.29, 1.82) is 0 Å². The Balaban J connectivity index is 2.14. The molecule has 0 aliphatic rings. The van der Waals surface area contributed by atoms with E-state index in [-0.39, 0.29) is 24.1 Å². The minimum atomic E-state index is -0.975. The number of nitrogens with one attached hydrogen (secondary N) is 1. The molecule has 1 aromatic heterocycles. The van der Waals surface area contributed by atoms with Crippen molar-refractivity contribution in [3.63, 3.8) is 0 Å². The number of hydrogen-bond acceptors (Lipinski definition) is 4. The number of furan rings is 1. The van der Waals surface area contributed by atoms with E-state index in [9.17, 15) is 14.7 Å². The molecule has 1 aromatic carbocycles. The van der Waals surface area contributed by atoms with Crippen LogP contribution in [0.2, 0.25) is 0 Å². The Morgan fingerprint density at radius 1 is 1.25 bits per heavy atom. The maximum atomic E-state index is 12.6. The fourth-order valence-corrected chi connectivity index (χ4v) is 2.31. The van der Waals surface area contributed by atoms with E-state index in [1.807, 2.05) is 6.92 Å². The van der Waals surface area contributed by atoms with E-state index < -0.39 is 5.60 Å². The van der Waals surface area contributed by atoms with Gasteiger partial charge in [0.05, 0.1) is 11.9 Å². The molecule has 1 heterocycles. The average Bonchev–Trinajstić information content (AvgIpc) is 3.06. The van der Waals surface area contributed by atoms with Crippen LogP contribution in [-0.2, 0) is 0 Å². The zero-order valence-electron chi connectivity index (χ0n) is 14.1. The molecular formula is C18H22N2O4. The third-order valence-electron chi connectivity index (χ3n) is 3.36. The van der Waals surface area contributed by atoms with Crippen molar-refractivity contribution in [1.82, 2.24) is 4.90 Å². The van der Waals surface area contributed by atoms with E-state index in [1.165, 1.54) is 6.26 Å². The first-order valence-electron chi connectivity index (χ1n) is 7.77. The van der Waals surface area contributed by atoms with Gasteiger partial charge in [0.25, 0.3) is 11.8 Å². The lowest BCUT2D eigenvalue weighted by molar-refractivity contribution is 0.0315. The molecule has 0 fully saturated rings. The Morgan fingerprint density at radius 3 is 2.58 bits per heavy atom. The first-order chi connectivity index (χ1) is 11.3. The first kappa shape index (κ1) is 17.7. The summed E-state index contributed by atoms with van der Waals surface area (Å²) in [6.45, 7) is 5.87. The quantitative estimate of drug-likeness (QED) is 0.853. The predicted octanol–water partition coefficient (Wildman–Crippen LogP) is 2.76. The van der Waals surface area contributed by atoms with Crippen LogP contribution in [0.5, 0.6) is 0 Å². The summed E-state index contributed by atoms with van der Waals surface area (Å²) in [6.07, 6.45) is 1.42. The molecule has 6 heteroatoms. The number of carbonyl (C=O) groups is 2. The van der Waals surface area contributed by atoms with Gasteiger partial charge in [0.15, 0.2) is 5.76 Å². The lowest BCUT2D eigenvalue weighted by Gasteiger charge is -2.28. The molecule has 24 heavy (non-hydrogen) atoms. The molecule has 6 nitrogen and oxygen atoms in total. The van der Waals surface area contributed by atoms with E-state index >= 15 is 0 Å². The van der Waals surface area contributed by atoms with E-state index in [0.29, 0.717) is 17.8 Å². The van der Waals surface area contributed by atoms with E-state index in [0.717, 1.165) is 0 Å². The maximum Gasteiger partial charge on any atom is 0.291 e. The highest BCUT2D eigenvalue weighted by atomic mass is 16.3. The normalized spacial score (nSPS) is 11.2. The summed E-state index contributed by atoms with van der Waals surface area (Å²) in [5.74, 6) is -0.383. The van der Waals surface area contributed by atoms with Crippen LogP contribution < -0.4 is 5.32 Å². The summed E-state index contributed by atoms with van der Waals surface area (Å²) in [5.41, 5.74) is -0.0311. The van der Waals surface area contributed by atoms with Crippen LogP contribution >= 0.6 is 0 Å². The van der Waals surface area contributed by atoms with Gasteiger partial charge < -0.3 is 19.7 Å². The fraction of sp³-hybridized carbons (Fsp3) is 0.333. The van der Waals surface area contributed by atoms with Crippen LogP contribution in [0.4, 0.5) is 5.69 Å². The van der Waals surface area contributed by atoms with Crippen molar-refractivity contribution in [3.8, 4) is 0 Å². The summed E-state index contributed by atoms with van der Waals surface area (Å²) in [4.78, 5) is 26.2. The van der Waals surface area contributed by atoms with Gasteiger partial charge in [-0.25, -0.2) is 0 Å². The van der Waals surface area contributed by atoms with Gasteiger partial charge in [0, 0.05) is 24.3 Å². The molecule has 0 unspecified atom stereocenters. The molecule has 2 amide bonds.